The topological polar surface area (TPSA) is 42.0 Å². The van der Waals surface area contributed by atoms with Crippen molar-refractivity contribution in [2.24, 2.45) is 0 Å². The number of pyridine rings is 1. The molecule has 20 heavy (non-hydrogen) atoms. The second-order valence-electron chi connectivity index (χ2n) is 4.06. The van der Waals surface area contributed by atoms with Crippen molar-refractivity contribution in [3.05, 3.63) is 52.6 Å². The Hall–Kier alpha value is -1.23. The molecular formula is C14H12Cl2N2OS. The van der Waals surface area contributed by atoms with Gasteiger partial charge in [-0.15, -0.1) is 11.8 Å². The molecule has 2 aromatic rings. The van der Waals surface area contributed by atoms with Crippen LogP contribution in [0.3, 0.4) is 0 Å². The van der Waals surface area contributed by atoms with Crippen molar-refractivity contribution in [1.29, 1.82) is 0 Å². The van der Waals surface area contributed by atoms with Gasteiger partial charge in [0.2, 0.25) is 5.91 Å². The molecule has 0 aliphatic heterocycles. The first-order chi connectivity index (χ1) is 9.54. The van der Waals surface area contributed by atoms with Gasteiger partial charge in [-0.3, -0.25) is 4.79 Å². The molecule has 0 saturated heterocycles. The molecule has 0 aliphatic carbocycles. The maximum absolute atomic E-state index is 12.0. The first-order valence-corrected chi connectivity index (χ1v) is 7.53. The first kappa shape index (κ1) is 15.2. The Bertz CT molecular complexity index is 587. The van der Waals surface area contributed by atoms with Gasteiger partial charge in [-0.1, -0.05) is 23.2 Å². The molecular weight excluding hydrogens is 315 g/mol. The molecule has 0 aliphatic rings. The number of thioether (sulfide) groups is 1. The Balaban J connectivity index is 1.94. The van der Waals surface area contributed by atoms with Crippen LogP contribution in [-0.4, -0.2) is 16.1 Å². The monoisotopic (exact) mass is 326 g/mol. The Morgan fingerprint density at radius 2 is 1.80 bits per heavy atom. The van der Waals surface area contributed by atoms with Crippen molar-refractivity contribution in [3.63, 3.8) is 0 Å². The van der Waals surface area contributed by atoms with Crippen molar-refractivity contribution < 1.29 is 4.79 Å². The van der Waals surface area contributed by atoms with Gasteiger partial charge < -0.3 is 5.32 Å². The number of carbonyl (C=O) groups excluding carboxylic acids is 1. The van der Waals surface area contributed by atoms with Crippen LogP contribution in [-0.2, 0) is 4.79 Å². The number of halogens is 2. The van der Waals surface area contributed by atoms with Gasteiger partial charge >= 0.3 is 0 Å². The number of hydrogen-bond acceptors (Lipinski definition) is 3. The molecule has 3 nitrogen and oxygen atoms in total. The third kappa shape index (κ3) is 4.40. The van der Waals surface area contributed by atoms with E-state index in [4.69, 9.17) is 23.2 Å². The molecule has 1 N–H and O–H groups in total. The normalized spacial score (nSPS) is 11.9. The fraction of sp³-hybridized carbons (Fsp3) is 0.143. The summed E-state index contributed by atoms with van der Waals surface area (Å²) < 4.78 is 0. The highest BCUT2D eigenvalue weighted by atomic mass is 35.5. The summed E-state index contributed by atoms with van der Waals surface area (Å²) >= 11 is 13.0. The molecule has 2 rings (SSSR count). The molecule has 1 heterocycles. The van der Waals surface area contributed by atoms with Crippen molar-refractivity contribution >= 4 is 46.7 Å². The Morgan fingerprint density at radius 1 is 1.15 bits per heavy atom. The van der Waals surface area contributed by atoms with Crippen LogP contribution in [0, 0.1) is 0 Å². The van der Waals surface area contributed by atoms with Gasteiger partial charge in [0.05, 0.1) is 10.3 Å². The van der Waals surface area contributed by atoms with Gasteiger partial charge in [0.1, 0.15) is 5.82 Å². The van der Waals surface area contributed by atoms with Gasteiger partial charge in [-0.2, -0.15) is 0 Å². The summed E-state index contributed by atoms with van der Waals surface area (Å²) in [5, 5.41) is 3.71. The molecule has 0 unspecified atom stereocenters. The molecule has 6 heteroatoms. The molecule has 1 aromatic carbocycles. The van der Waals surface area contributed by atoms with Gasteiger partial charge in [0, 0.05) is 16.1 Å². The zero-order chi connectivity index (χ0) is 14.5. The number of aromatic nitrogens is 1. The van der Waals surface area contributed by atoms with Crippen LogP contribution in [0.4, 0.5) is 5.82 Å². The number of benzene rings is 1. The number of hydrogen-bond donors (Lipinski definition) is 1. The minimum Gasteiger partial charge on any atom is -0.310 e. The third-order valence-electron chi connectivity index (χ3n) is 2.47. The fourth-order valence-electron chi connectivity index (χ4n) is 1.45. The highest BCUT2D eigenvalue weighted by molar-refractivity contribution is 8.00. The second kappa shape index (κ2) is 6.97. The average Bonchev–Trinajstić information content (AvgIpc) is 2.44. The Kier molecular flexibility index (Phi) is 5.29. The van der Waals surface area contributed by atoms with E-state index in [-0.39, 0.29) is 11.2 Å². The van der Waals surface area contributed by atoms with E-state index < -0.39 is 0 Å². The summed E-state index contributed by atoms with van der Waals surface area (Å²) in [5.41, 5.74) is 0. The predicted molar refractivity (Wildman–Crippen MR) is 84.6 cm³/mol. The van der Waals surface area contributed by atoms with E-state index in [9.17, 15) is 4.79 Å². The fourth-order valence-corrected chi connectivity index (χ4v) is 2.55. The molecule has 0 spiro atoms. The average molecular weight is 327 g/mol. The lowest BCUT2D eigenvalue weighted by molar-refractivity contribution is -0.115. The zero-order valence-electron chi connectivity index (χ0n) is 10.6. The number of nitrogens with zero attached hydrogens (tertiary/aromatic N) is 1. The highest BCUT2D eigenvalue weighted by Crippen LogP contribution is 2.25. The molecule has 1 aromatic heterocycles. The van der Waals surface area contributed by atoms with E-state index in [1.807, 2.05) is 19.1 Å². The lowest BCUT2D eigenvalue weighted by Crippen LogP contribution is -2.22. The van der Waals surface area contributed by atoms with E-state index in [1.54, 1.807) is 24.3 Å². The van der Waals surface area contributed by atoms with Crippen molar-refractivity contribution in [2.75, 3.05) is 5.32 Å². The quantitative estimate of drug-likeness (QED) is 0.840. The van der Waals surface area contributed by atoms with Crippen molar-refractivity contribution in [2.45, 2.75) is 17.1 Å². The summed E-state index contributed by atoms with van der Waals surface area (Å²) in [6.45, 7) is 1.84. The van der Waals surface area contributed by atoms with Gasteiger partial charge in [-0.25, -0.2) is 4.98 Å². The lowest BCUT2D eigenvalue weighted by Gasteiger charge is -2.11. The van der Waals surface area contributed by atoms with Crippen LogP contribution >= 0.6 is 35.0 Å². The van der Waals surface area contributed by atoms with E-state index in [1.165, 1.54) is 18.0 Å². The zero-order valence-corrected chi connectivity index (χ0v) is 13.0. The summed E-state index contributed by atoms with van der Waals surface area (Å²) in [6, 6.07) is 10.7. The molecule has 104 valence electrons. The predicted octanol–water partition coefficient (Wildman–Crippen LogP) is 4.51. The minimum atomic E-state index is -0.242. The van der Waals surface area contributed by atoms with Gasteiger partial charge in [0.25, 0.3) is 0 Å². The first-order valence-electron chi connectivity index (χ1n) is 5.89. The van der Waals surface area contributed by atoms with Crippen LogP contribution in [0.25, 0.3) is 0 Å². The number of nitrogens with one attached hydrogen (secondary N) is 1. The molecule has 0 fully saturated rings. The number of rotatable bonds is 4. The summed E-state index contributed by atoms with van der Waals surface area (Å²) in [6.07, 6.45) is 1.49. The smallest absolute Gasteiger partial charge is 0.238 e. The number of anilines is 1. The highest BCUT2D eigenvalue weighted by Gasteiger charge is 2.14. The largest absolute Gasteiger partial charge is 0.310 e. The van der Waals surface area contributed by atoms with E-state index in [2.05, 4.69) is 10.3 Å². The standard InChI is InChI=1S/C14H12Cl2N2OS/c1-9(20-12-5-2-10(15)3-6-12)14(19)18-13-7-4-11(16)8-17-13/h2-9H,1H3,(H,17,18,19)/t9-/m1/s1. The summed E-state index contributed by atoms with van der Waals surface area (Å²) in [5.74, 6) is 0.378. The van der Waals surface area contributed by atoms with E-state index in [0.29, 0.717) is 15.9 Å². The summed E-state index contributed by atoms with van der Waals surface area (Å²) in [7, 11) is 0. The van der Waals surface area contributed by atoms with Crippen LogP contribution in [0.5, 0.6) is 0 Å². The third-order valence-corrected chi connectivity index (χ3v) is 4.06. The van der Waals surface area contributed by atoms with Gasteiger partial charge in [-0.05, 0) is 43.3 Å². The molecule has 0 bridgehead atoms. The molecule has 1 atom stereocenters. The van der Waals surface area contributed by atoms with Crippen LogP contribution in [0.2, 0.25) is 10.0 Å². The van der Waals surface area contributed by atoms with Crippen LogP contribution < -0.4 is 5.32 Å². The molecule has 1 amide bonds. The van der Waals surface area contributed by atoms with Crippen LogP contribution in [0.15, 0.2) is 47.5 Å². The van der Waals surface area contributed by atoms with E-state index in [0.717, 1.165) is 4.90 Å². The summed E-state index contributed by atoms with van der Waals surface area (Å²) in [4.78, 5) is 17.1. The maximum atomic E-state index is 12.0. The van der Waals surface area contributed by atoms with E-state index >= 15 is 0 Å². The lowest BCUT2D eigenvalue weighted by atomic mass is 10.4. The second-order valence-corrected chi connectivity index (χ2v) is 6.35. The maximum Gasteiger partial charge on any atom is 0.238 e. The van der Waals surface area contributed by atoms with Crippen molar-refractivity contribution in [1.82, 2.24) is 4.98 Å². The molecule has 0 saturated carbocycles. The number of carbonyl (C=O) groups is 1. The van der Waals surface area contributed by atoms with Gasteiger partial charge in [0.15, 0.2) is 0 Å². The molecule has 0 radical (unpaired) electrons. The Labute approximate surface area is 131 Å². The Morgan fingerprint density at radius 3 is 2.40 bits per heavy atom. The van der Waals surface area contributed by atoms with Crippen molar-refractivity contribution in [3.8, 4) is 0 Å². The van der Waals surface area contributed by atoms with Crippen LogP contribution in [0.1, 0.15) is 6.92 Å². The SMILES string of the molecule is C[C@@H](Sc1ccc(Cl)cc1)C(=O)Nc1ccc(Cl)cn1. The number of amides is 1. The minimum absolute atomic E-state index is 0.111.